The van der Waals surface area contributed by atoms with E-state index in [1.807, 2.05) is 6.92 Å². The number of aliphatic hydroxyl groups is 1. The lowest BCUT2D eigenvalue weighted by Gasteiger charge is -2.22. The molecule has 0 aromatic heterocycles. The highest BCUT2D eigenvalue weighted by atomic mass is 19.1. The maximum absolute atomic E-state index is 13.3. The van der Waals surface area contributed by atoms with Crippen molar-refractivity contribution in [2.45, 2.75) is 38.0 Å². The van der Waals surface area contributed by atoms with Crippen molar-refractivity contribution in [3.8, 4) is 5.75 Å². The van der Waals surface area contributed by atoms with E-state index in [9.17, 15) is 9.50 Å². The van der Waals surface area contributed by atoms with E-state index in [1.165, 1.54) is 6.07 Å². The highest BCUT2D eigenvalue weighted by molar-refractivity contribution is 5.23. The van der Waals surface area contributed by atoms with Crippen LogP contribution in [0.3, 0.4) is 0 Å². The number of benzene rings is 1. The molecule has 5 heteroatoms. The van der Waals surface area contributed by atoms with Crippen LogP contribution in [0, 0.1) is 5.82 Å². The first-order chi connectivity index (χ1) is 9.66. The molecule has 4 nitrogen and oxygen atoms in total. The number of halogens is 1. The van der Waals surface area contributed by atoms with E-state index in [-0.39, 0.29) is 24.5 Å². The number of hydrogen-bond donors (Lipinski definition) is 2. The van der Waals surface area contributed by atoms with Crippen LogP contribution in [0.2, 0.25) is 0 Å². The van der Waals surface area contributed by atoms with Crippen LogP contribution in [-0.2, 0) is 4.74 Å². The molecule has 3 unspecified atom stereocenters. The molecule has 112 valence electrons. The number of rotatable bonds is 7. The van der Waals surface area contributed by atoms with Gasteiger partial charge < -0.3 is 19.9 Å². The van der Waals surface area contributed by atoms with Crippen LogP contribution in [0.1, 0.15) is 19.8 Å². The van der Waals surface area contributed by atoms with E-state index in [1.54, 1.807) is 18.2 Å². The lowest BCUT2D eigenvalue weighted by molar-refractivity contribution is 0.0670. The monoisotopic (exact) mass is 283 g/mol. The summed E-state index contributed by atoms with van der Waals surface area (Å²) in [5, 5.41) is 13.1. The van der Waals surface area contributed by atoms with Crippen LogP contribution >= 0.6 is 0 Å². The summed E-state index contributed by atoms with van der Waals surface area (Å²) in [5.74, 6) is -0.251. The van der Waals surface area contributed by atoms with Crippen molar-refractivity contribution < 1.29 is 19.0 Å². The molecule has 2 rings (SSSR count). The summed E-state index contributed by atoms with van der Waals surface area (Å²) in [6.45, 7) is 3.32. The quantitative estimate of drug-likeness (QED) is 0.800. The Balaban J connectivity index is 1.67. The van der Waals surface area contributed by atoms with Gasteiger partial charge in [0.25, 0.3) is 0 Å². The highest BCUT2D eigenvalue weighted by Crippen LogP contribution is 2.16. The predicted molar refractivity (Wildman–Crippen MR) is 74.3 cm³/mol. The van der Waals surface area contributed by atoms with E-state index in [0.717, 1.165) is 19.4 Å². The summed E-state index contributed by atoms with van der Waals surface area (Å²) < 4.78 is 24.1. The topological polar surface area (TPSA) is 50.7 Å². The van der Waals surface area contributed by atoms with Gasteiger partial charge in [-0.15, -0.1) is 0 Å². The average molecular weight is 283 g/mol. The zero-order chi connectivity index (χ0) is 14.4. The van der Waals surface area contributed by atoms with Gasteiger partial charge in [-0.25, -0.2) is 4.39 Å². The Morgan fingerprint density at radius 1 is 1.50 bits per heavy atom. The summed E-state index contributed by atoms with van der Waals surface area (Å²) in [7, 11) is 0. The third kappa shape index (κ3) is 4.44. The van der Waals surface area contributed by atoms with Gasteiger partial charge in [0.15, 0.2) is 11.6 Å². The van der Waals surface area contributed by atoms with E-state index in [0.29, 0.717) is 6.54 Å². The van der Waals surface area contributed by atoms with Crippen LogP contribution in [0.25, 0.3) is 0 Å². The van der Waals surface area contributed by atoms with Gasteiger partial charge in [0, 0.05) is 19.2 Å². The Bertz CT molecular complexity index is 410. The molecule has 20 heavy (non-hydrogen) atoms. The maximum atomic E-state index is 13.3. The first kappa shape index (κ1) is 15.2. The predicted octanol–water partition coefficient (Wildman–Crippen LogP) is 1.72. The molecule has 0 saturated carbocycles. The molecular formula is C15H22FNO3. The second kappa shape index (κ2) is 7.57. The molecule has 1 aromatic rings. The number of ether oxygens (including phenoxy) is 2. The largest absolute Gasteiger partial charge is 0.488 e. The normalized spacial score (nSPS) is 21.6. The minimum atomic E-state index is -0.682. The lowest BCUT2D eigenvalue weighted by atomic mass is 10.1. The van der Waals surface area contributed by atoms with Gasteiger partial charge in [0.2, 0.25) is 0 Å². The minimum Gasteiger partial charge on any atom is -0.488 e. The summed E-state index contributed by atoms with van der Waals surface area (Å²) in [5.41, 5.74) is 0. The Morgan fingerprint density at radius 2 is 2.30 bits per heavy atom. The standard InChI is InChI=1S/C15H22FNO3/c1-11(14-7-4-8-19-14)17-9-12(18)10-20-15-6-3-2-5-13(15)16/h2-3,5-6,11-12,14,17-18H,4,7-10H2,1H3. The SMILES string of the molecule is CC(NCC(O)COc1ccccc1F)C1CCCO1. The third-order valence-electron chi connectivity index (χ3n) is 3.47. The second-order valence-electron chi connectivity index (χ2n) is 5.14. The van der Waals surface area contributed by atoms with E-state index >= 15 is 0 Å². The Morgan fingerprint density at radius 3 is 3.00 bits per heavy atom. The highest BCUT2D eigenvalue weighted by Gasteiger charge is 2.22. The molecular weight excluding hydrogens is 261 g/mol. The Kier molecular flexibility index (Phi) is 5.76. The Labute approximate surface area is 118 Å². The zero-order valence-corrected chi connectivity index (χ0v) is 11.7. The molecule has 2 N–H and O–H groups in total. The van der Waals surface area contributed by atoms with Gasteiger partial charge in [-0.2, -0.15) is 0 Å². The molecule has 0 radical (unpaired) electrons. The molecule has 3 atom stereocenters. The average Bonchev–Trinajstić information content (AvgIpc) is 2.98. The van der Waals surface area contributed by atoms with Crippen molar-refractivity contribution in [2.24, 2.45) is 0 Å². The summed E-state index contributed by atoms with van der Waals surface area (Å²) in [6.07, 6.45) is 1.68. The van der Waals surface area contributed by atoms with Gasteiger partial charge in [-0.1, -0.05) is 12.1 Å². The first-order valence-corrected chi connectivity index (χ1v) is 7.07. The van der Waals surface area contributed by atoms with Crippen molar-refractivity contribution in [3.05, 3.63) is 30.1 Å². The number of para-hydroxylation sites is 1. The van der Waals surface area contributed by atoms with E-state index < -0.39 is 11.9 Å². The van der Waals surface area contributed by atoms with E-state index in [4.69, 9.17) is 9.47 Å². The molecule has 0 aliphatic carbocycles. The van der Waals surface area contributed by atoms with Gasteiger partial charge in [0.05, 0.1) is 6.10 Å². The molecule has 1 aliphatic heterocycles. The molecule has 0 bridgehead atoms. The van der Waals surface area contributed by atoms with Crippen LogP contribution < -0.4 is 10.1 Å². The summed E-state index contributed by atoms with van der Waals surface area (Å²) in [4.78, 5) is 0. The van der Waals surface area contributed by atoms with Gasteiger partial charge in [0.1, 0.15) is 12.7 Å². The molecule has 1 fully saturated rings. The molecule has 1 heterocycles. The lowest BCUT2D eigenvalue weighted by Crippen LogP contribution is -2.42. The molecule has 1 aromatic carbocycles. The van der Waals surface area contributed by atoms with Gasteiger partial charge >= 0.3 is 0 Å². The fraction of sp³-hybridized carbons (Fsp3) is 0.600. The van der Waals surface area contributed by atoms with Gasteiger partial charge in [-0.05, 0) is 31.9 Å². The van der Waals surface area contributed by atoms with E-state index in [2.05, 4.69) is 5.32 Å². The van der Waals surface area contributed by atoms with Gasteiger partial charge in [-0.3, -0.25) is 0 Å². The fourth-order valence-electron chi connectivity index (χ4n) is 2.26. The molecule has 0 spiro atoms. The molecule has 1 aliphatic rings. The van der Waals surface area contributed by atoms with Crippen molar-refractivity contribution in [1.29, 1.82) is 0 Å². The van der Waals surface area contributed by atoms with Crippen LogP contribution in [0.15, 0.2) is 24.3 Å². The van der Waals surface area contributed by atoms with Crippen LogP contribution in [0.4, 0.5) is 4.39 Å². The van der Waals surface area contributed by atoms with Crippen molar-refractivity contribution in [2.75, 3.05) is 19.8 Å². The number of nitrogens with one attached hydrogen (secondary N) is 1. The fourth-order valence-corrected chi connectivity index (χ4v) is 2.26. The summed E-state index contributed by atoms with van der Waals surface area (Å²) >= 11 is 0. The van der Waals surface area contributed by atoms with Crippen molar-refractivity contribution >= 4 is 0 Å². The van der Waals surface area contributed by atoms with Crippen LogP contribution in [0.5, 0.6) is 5.75 Å². The number of hydrogen-bond acceptors (Lipinski definition) is 4. The second-order valence-corrected chi connectivity index (χ2v) is 5.14. The third-order valence-corrected chi connectivity index (χ3v) is 3.47. The maximum Gasteiger partial charge on any atom is 0.165 e. The van der Waals surface area contributed by atoms with Crippen LogP contribution in [-0.4, -0.2) is 43.1 Å². The van der Waals surface area contributed by atoms with Crippen molar-refractivity contribution in [1.82, 2.24) is 5.32 Å². The molecule has 0 amide bonds. The first-order valence-electron chi connectivity index (χ1n) is 7.07. The minimum absolute atomic E-state index is 0.0617. The molecule has 1 saturated heterocycles. The Hall–Kier alpha value is -1.17. The van der Waals surface area contributed by atoms with Crippen molar-refractivity contribution in [3.63, 3.8) is 0 Å². The smallest absolute Gasteiger partial charge is 0.165 e. The zero-order valence-electron chi connectivity index (χ0n) is 11.7. The number of aliphatic hydroxyl groups excluding tert-OH is 1. The summed E-state index contributed by atoms with van der Waals surface area (Å²) in [6, 6.07) is 6.37.